The summed E-state index contributed by atoms with van der Waals surface area (Å²) in [4.78, 5) is 26.2. The van der Waals surface area contributed by atoms with E-state index in [1.807, 2.05) is 74.5 Å². The molecule has 1 aromatic heterocycles. The fourth-order valence-corrected chi connectivity index (χ4v) is 3.91. The van der Waals surface area contributed by atoms with Crippen molar-refractivity contribution in [3.63, 3.8) is 0 Å². The number of halogens is 1. The highest BCUT2D eigenvalue weighted by Crippen LogP contribution is 2.23. The van der Waals surface area contributed by atoms with Gasteiger partial charge in [0.15, 0.2) is 10.9 Å². The summed E-state index contributed by atoms with van der Waals surface area (Å²) in [5.74, 6) is 1.04. The summed E-state index contributed by atoms with van der Waals surface area (Å²) in [5, 5.41) is 6.91. The molecule has 166 valence electrons. The molecule has 0 saturated heterocycles. The highest BCUT2D eigenvalue weighted by atomic mass is 79.9. The number of hydrogen-bond donors (Lipinski definition) is 2. The normalized spacial score (nSPS) is 10.6. The first-order chi connectivity index (χ1) is 15.9. The van der Waals surface area contributed by atoms with Gasteiger partial charge < -0.3 is 10.6 Å². The second-order valence-electron chi connectivity index (χ2n) is 7.47. The number of rotatable bonds is 8. The van der Waals surface area contributed by atoms with Gasteiger partial charge in [-0.1, -0.05) is 75.2 Å². The largest absolute Gasteiger partial charge is 0.324 e. The Balaban J connectivity index is 1.55. The van der Waals surface area contributed by atoms with Crippen LogP contribution in [0.3, 0.4) is 0 Å². The Morgan fingerprint density at radius 3 is 1.73 bits per heavy atom. The molecule has 2 N–H and O–H groups in total. The topological polar surface area (TPSA) is 79.8 Å². The van der Waals surface area contributed by atoms with E-state index in [0.717, 1.165) is 15.8 Å². The SMILES string of the molecule is Cc1ccc(Nc2nc(Nc3ccc(C)cc3)nc(SCC(=O)c3ccc(Br)cc3)n2)cc1. The summed E-state index contributed by atoms with van der Waals surface area (Å²) in [6, 6.07) is 23.2. The van der Waals surface area contributed by atoms with Gasteiger partial charge in [-0.05, 0) is 50.2 Å². The number of aromatic nitrogens is 3. The Labute approximate surface area is 205 Å². The van der Waals surface area contributed by atoms with E-state index in [1.54, 1.807) is 12.1 Å². The molecule has 0 amide bonds. The average Bonchev–Trinajstić information content (AvgIpc) is 2.81. The summed E-state index contributed by atoms with van der Waals surface area (Å²) in [5.41, 5.74) is 4.72. The lowest BCUT2D eigenvalue weighted by molar-refractivity contribution is 0.102. The Kier molecular flexibility index (Phi) is 7.36. The minimum absolute atomic E-state index is 0.00833. The van der Waals surface area contributed by atoms with E-state index < -0.39 is 0 Å². The molecule has 0 aliphatic rings. The fourth-order valence-electron chi connectivity index (χ4n) is 2.91. The van der Waals surface area contributed by atoms with Crippen LogP contribution in [0.25, 0.3) is 0 Å². The van der Waals surface area contributed by atoms with Crippen LogP contribution in [0.2, 0.25) is 0 Å². The molecule has 0 aliphatic carbocycles. The van der Waals surface area contributed by atoms with Gasteiger partial charge in [-0.15, -0.1) is 0 Å². The maximum Gasteiger partial charge on any atom is 0.233 e. The van der Waals surface area contributed by atoms with Crippen molar-refractivity contribution >= 4 is 56.7 Å². The van der Waals surface area contributed by atoms with Gasteiger partial charge in [0, 0.05) is 21.4 Å². The molecule has 0 atom stereocenters. The summed E-state index contributed by atoms with van der Waals surface area (Å²) < 4.78 is 0.933. The highest BCUT2D eigenvalue weighted by Gasteiger charge is 2.12. The van der Waals surface area contributed by atoms with Gasteiger partial charge in [-0.25, -0.2) is 0 Å². The molecular weight excluding hydrogens is 498 g/mol. The molecule has 8 heteroatoms. The van der Waals surface area contributed by atoms with E-state index in [-0.39, 0.29) is 11.5 Å². The lowest BCUT2D eigenvalue weighted by Gasteiger charge is -2.10. The predicted octanol–water partition coefficient (Wildman–Crippen LogP) is 6.71. The molecule has 0 radical (unpaired) electrons. The number of nitrogens with zero attached hydrogens (tertiary/aromatic N) is 3. The monoisotopic (exact) mass is 519 g/mol. The zero-order valence-corrected chi connectivity index (χ0v) is 20.6. The van der Waals surface area contributed by atoms with Crippen LogP contribution >= 0.6 is 27.7 Å². The van der Waals surface area contributed by atoms with Gasteiger partial charge in [0.05, 0.1) is 5.75 Å². The highest BCUT2D eigenvalue weighted by molar-refractivity contribution is 9.10. The second-order valence-corrected chi connectivity index (χ2v) is 9.32. The minimum Gasteiger partial charge on any atom is -0.324 e. The van der Waals surface area contributed by atoms with Crippen molar-refractivity contribution in [1.82, 2.24) is 15.0 Å². The molecule has 0 unspecified atom stereocenters. The summed E-state index contributed by atoms with van der Waals surface area (Å²) in [6.45, 7) is 4.07. The van der Waals surface area contributed by atoms with Crippen LogP contribution in [-0.2, 0) is 0 Å². The fraction of sp³-hybridized carbons (Fsp3) is 0.120. The van der Waals surface area contributed by atoms with Crippen molar-refractivity contribution in [1.29, 1.82) is 0 Å². The number of anilines is 4. The van der Waals surface area contributed by atoms with Crippen LogP contribution in [0.1, 0.15) is 21.5 Å². The average molecular weight is 520 g/mol. The maximum absolute atomic E-state index is 12.6. The predicted molar refractivity (Wildman–Crippen MR) is 138 cm³/mol. The maximum atomic E-state index is 12.6. The number of hydrogen-bond acceptors (Lipinski definition) is 7. The molecule has 1 heterocycles. The number of thioether (sulfide) groups is 1. The molecule has 3 aromatic carbocycles. The quantitative estimate of drug-likeness (QED) is 0.197. The Morgan fingerprint density at radius 1 is 0.758 bits per heavy atom. The van der Waals surface area contributed by atoms with Gasteiger partial charge >= 0.3 is 0 Å². The first kappa shape index (κ1) is 22.9. The first-order valence-corrected chi connectivity index (χ1v) is 12.1. The van der Waals surface area contributed by atoms with Crippen LogP contribution in [0.15, 0.2) is 82.4 Å². The molecule has 6 nitrogen and oxygen atoms in total. The summed E-state index contributed by atoms with van der Waals surface area (Å²) in [7, 11) is 0. The van der Waals surface area contributed by atoms with Crippen molar-refractivity contribution in [3.8, 4) is 0 Å². The molecule has 4 aromatic rings. The van der Waals surface area contributed by atoms with Gasteiger partial charge in [0.25, 0.3) is 0 Å². The smallest absolute Gasteiger partial charge is 0.233 e. The van der Waals surface area contributed by atoms with E-state index >= 15 is 0 Å². The molecule has 33 heavy (non-hydrogen) atoms. The van der Waals surface area contributed by atoms with Crippen molar-refractivity contribution in [3.05, 3.63) is 94.0 Å². The van der Waals surface area contributed by atoms with E-state index in [0.29, 0.717) is 22.6 Å². The Bertz CT molecular complexity index is 1180. The molecule has 0 fully saturated rings. The van der Waals surface area contributed by atoms with Gasteiger partial charge in [-0.3, -0.25) is 4.79 Å². The van der Waals surface area contributed by atoms with Crippen LogP contribution in [-0.4, -0.2) is 26.5 Å². The van der Waals surface area contributed by atoms with Gasteiger partial charge in [-0.2, -0.15) is 15.0 Å². The van der Waals surface area contributed by atoms with Crippen LogP contribution < -0.4 is 10.6 Å². The van der Waals surface area contributed by atoms with Crippen LogP contribution in [0.5, 0.6) is 0 Å². The van der Waals surface area contributed by atoms with Crippen molar-refractivity contribution < 1.29 is 4.79 Å². The number of nitrogens with one attached hydrogen (secondary N) is 2. The first-order valence-electron chi connectivity index (χ1n) is 10.3. The number of benzene rings is 3. The van der Waals surface area contributed by atoms with E-state index in [1.165, 1.54) is 22.9 Å². The van der Waals surface area contributed by atoms with E-state index in [2.05, 4.69) is 41.5 Å². The van der Waals surface area contributed by atoms with Crippen LogP contribution in [0.4, 0.5) is 23.3 Å². The molecule has 4 rings (SSSR count). The van der Waals surface area contributed by atoms with E-state index in [9.17, 15) is 4.79 Å². The number of carbonyl (C=O) groups is 1. The lowest BCUT2D eigenvalue weighted by Crippen LogP contribution is -2.07. The third-order valence-corrected chi connectivity index (χ3v) is 6.10. The summed E-state index contributed by atoms with van der Waals surface area (Å²) >= 11 is 4.67. The summed E-state index contributed by atoms with van der Waals surface area (Å²) in [6.07, 6.45) is 0. The van der Waals surface area contributed by atoms with Crippen LogP contribution in [0, 0.1) is 13.8 Å². The molecule has 0 bridgehead atoms. The number of carbonyl (C=O) groups excluding carboxylic acids is 1. The van der Waals surface area contributed by atoms with Gasteiger partial charge in [0.1, 0.15) is 0 Å². The van der Waals surface area contributed by atoms with Crippen molar-refractivity contribution in [2.45, 2.75) is 19.0 Å². The molecular formula is C25H22BrN5OS. The zero-order valence-electron chi connectivity index (χ0n) is 18.2. The van der Waals surface area contributed by atoms with Crippen molar-refractivity contribution in [2.75, 3.05) is 16.4 Å². The third-order valence-electron chi connectivity index (χ3n) is 4.73. The standard InChI is InChI=1S/C25H22BrN5OS/c1-16-3-11-20(12-4-16)27-23-29-24(28-21-13-5-17(2)6-14-21)31-25(30-23)33-15-22(32)18-7-9-19(26)10-8-18/h3-14H,15H2,1-2H3,(H2,27,28,29,30,31). The van der Waals surface area contributed by atoms with Crippen molar-refractivity contribution in [2.24, 2.45) is 0 Å². The van der Waals surface area contributed by atoms with Gasteiger partial charge in [0.2, 0.25) is 11.9 Å². The Morgan fingerprint density at radius 2 is 1.24 bits per heavy atom. The molecule has 0 spiro atoms. The lowest BCUT2D eigenvalue weighted by atomic mass is 10.2. The Hall–Kier alpha value is -3.23. The second kappa shape index (κ2) is 10.6. The minimum atomic E-state index is 0.00833. The number of aryl methyl sites for hydroxylation is 2. The number of ketones is 1. The van der Waals surface area contributed by atoms with E-state index in [4.69, 9.17) is 0 Å². The number of Topliss-reactive ketones (excluding diaryl/α,β-unsaturated/α-hetero) is 1. The third kappa shape index (κ3) is 6.63. The molecule has 0 saturated carbocycles. The zero-order chi connectivity index (χ0) is 23.2. The molecule has 0 aliphatic heterocycles.